The highest BCUT2D eigenvalue weighted by atomic mass is 35.5. The molecule has 0 radical (unpaired) electrons. The number of rotatable bonds is 2. The van der Waals surface area contributed by atoms with E-state index in [4.69, 9.17) is 17.3 Å². The van der Waals surface area contributed by atoms with Gasteiger partial charge in [0.2, 0.25) is 0 Å². The van der Waals surface area contributed by atoms with Crippen LogP contribution in [0.15, 0.2) is 18.2 Å². The van der Waals surface area contributed by atoms with Gasteiger partial charge >= 0.3 is 6.18 Å². The summed E-state index contributed by atoms with van der Waals surface area (Å²) in [7, 11) is 0. The van der Waals surface area contributed by atoms with Crippen LogP contribution in [-0.2, 0) is 0 Å². The molecular weight excluding hydrogens is 231 g/mol. The van der Waals surface area contributed by atoms with Crippen LogP contribution in [0.2, 0.25) is 5.02 Å². The number of alkyl halides is 3. The maximum absolute atomic E-state index is 12.0. The second-order valence-electron chi connectivity index (χ2n) is 3.13. The van der Waals surface area contributed by atoms with E-state index in [2.05, 4.69) is 0 Å². The minimum atomic E-state index is -4.37. The highest BCUT2D eigenvalue weighted by molar-refractivity contribution is 6.30. The van der Waals surface area contributed by atoms with Gasteiger partial charge in [-0.3, -0.25) is 0 Å². The summed E-state index contributed by atoms with van der Waals surface area (Å²) in [5.41, 5.74) is 5.31. The Labute approximate surface area is 89.5 Å². The van der Waals surface area contributed by atoms with Crippen LogP contribution in [0.25, 0.3) is 0 Å². The fourth-order valence-electron chi connectivity index (χ4n) is 1.18. The van der Waals surface area contributed by atoms with Crippen LogP contribution in [0.4, 0.5) is 13.2 Å². The largest absolute Gasteiger partial charge is 0.508 e. The quantitative estimate of drug-likeness (QED) is 0.833. The number of nitrogens with two attached hydrogens (primary N) is 1. The summed E-state index contributed by atoms with van der Waals surface area (Å²) >= 11 is 5.58. The van der Waals surface area contributed by atoms with E-state index in [0.29, 0.717) is 0 Å². The standard InChI is InChI=1S/C9H9ClF3NO/c10-5-1-2-8(15)6(3-5)7(14)4-9(11,12)13/h1-3,7,15H,4,14H2/t7-/m1/s1. The number of phenols is 1. The van der Waals surface area contributed by atoms with Gasteiger partial charge in [-0.1, -0.05) is 11.6 Å². The van der Waals surface area contributed by atoms with Crippen LogP contribution in [0.3, 0.4) is 0 Å². The van der Waals surface area contributed by atoms with Gasteiger partial charge in [-0.2, -0.15) is 13.2 Å². The van der Waals surface area contributed by atoms with E-state index in [9.17, 15) is 18.3 Å². The Bertz CT molecular complexity index is 354. The molecule has 1 aromatic carbocycles. The van der Waals surface area contributed by atoms with Gasteiger partial charge in [0, 0.05) is 16.6 Å². The fourth-order valence-corrected chi connectivity index (χ4v) is 1.36. The average Bonchev–Trinajstić information content (AvgIpc) is 2.06. The number of halogens is 4. The third-order valence-corrected chi connectivity index (χ3v) is 2.08. The molecule has 6 heteroatoms. The van der Waals surface area contributed by atoms with Crippen LogP contribution >= 0.6 is 11.6 Å². The zero-order chi connectivity index (χ0) is 11.6. The molecule has 0 aliphatic carbocycles. The van der Waals surface area contributed by atoms with Crippen LogP contribution in [0.1, 0.15) is 18.0 Å². The van der Waals surface area contributed by atoms with E-state index in [-0.39, 0.29) is 16.3 Å². The summed E-state index contributed by atoms with van der Waals surface area (Å²) in [5, 5.41) is 9.53. The van der Waals surface area contributed by atoms with Crippen LogP contribution in [-0.4, -0.2) is 11.3 Å². The Morgan fingerprint density at radius 1 is 1.40 bits per heavy atom. The second-order valence-corrected chi connectivity index (χ2v) is 3.57. The van der Waals surface area contributed by atoms with Gasteiger partial charge in [0.25, 0.3) is 0 Å². The van der Waals surface area contributed by atoms with Crippen LogP contribution < -0.4 is 5.73 Å². The smallest absolute Gasteiger partial charge is 0.390 e. The molecule has 0 amide bonds. The van der Waals surface area contributed by atoms with Gasteiger partial charge in [0.15, 0.2) is 0 Å². The van der Waals surface area contributed by atoms with E-state index >= 15 is 0 Å². The van der Waals surface area contributed by atoms with Gasteiger partial charge in [0.1, 0.15) is 5.75 Å². The lowest BCUT2D eigenvalue weighted by molar-refractivity contribution is -0.138. The Hall–Kier alpha value is -0.940. The predicted octanol–water partition coefficient (Wildman–Crippen LogP) is 3.00. The highest BCUT2D eigenvalue weighted by Crippen LogP contribution is 2.33. The first kappa shape index (κ1) is 12.1. The minimum Gasteiger partial charge on any atom is -0.508 e. The van der Waals surface area contributed by atoms with E-state index in [1.807, 2.05) is 0 Å². The average molecular weight is 240 g/mol. The van der Waals surface area contributed by atoms with Crippen molar-refractivity contribution >= 4 is 11.6 Å². The summed E-state index contributed by atoms with van der Waals surface area (Å²) in [6.07, 6.45) is -5.56. The van der Waals surface area contributed by atoms with Gasteiger partial charge in [-0.25, -0.2) is 0 Å². The fraction of sp³-hybridized carbons (Fsp3) is 0.333. The Balaban J connectivity index is 2.90. The molecule has 84 valence electrons. The molecule has 3 N–H and O–H groups in total. The van der Waals surface area contributed by atoms with Crippen molar-refractivity contribution in [3.8, 4) is 5.75 Å². The molecule has 0 bridgehead atoms. The number of hydrogen-bond acceptors (Lipinski definition) is 2. The lowest BCUT2D eigenvalue weighted by atomic mass is 10.0. The molecule has 0 heterocycles. The third kappa shape index (κ3) is 3.60. The molecule has 0 fully saturated rings. The molecule has 0 aromatic heterocycles. The van der Waals surface area contributed by atoms with Crippen LogP contribution in [0, 0.1) is 0 Å². The van der Waals surface area contributed by atoms with E-state index < -0.39 is 18.6 Å². The van der Waals surface area contributed by atoms with Gasteiger partial charge in [-0.05, 0) is 18.2 Å². The predicted molar refractivity (Wildman–Crippen MR) is 50.7 cm³/mol. The van der Waals surface area contributed by atoms with Crippen molar-refractivity contribution in [3.05, 3.63) is 28.8 Å². The minimum absolute atomic E-state index is 0.000162. The van der Waals surface area contributed by atoms with E-state index in [1.54, 1.807) is 0 Å². The summed E-state index contributed by atoms with van der Waals surface area (Å²) in [6, 6.07) is 2.52. The number of benzene rings is 1. The summed E-state index contributed by atoms with van der Waals surface area (Å²) in [4.78, 5) is 0. The lowest BCUT2D eigenvalue weighted by Gasteiger charge is -2.15. The molecule has 1 aromatic rings. The molecule has 1 atom stereocenters. The van der Waals surface area contributed by atoms with Crippen molar-refractivity contribution in [2.45, 2.75) is 18.6 Å². The van der Waals surface area contributed by atoms with Crippen molar-refractivity contribution in [1.29, 1.82) is 0 Å². The van der Waals surface area contributed by atoms with Crippen molar-refractivity contribution in [1.82, 2.24) is 0 Å². The van der Waals surface area contributed by atoms with Crippen molar-refractivity contribution in [2.24, 2.45) is 5.73 Å². The maximum Gasteiger partial charge on any atom is 0.390 e. The summed E-state index contributed by atoms with van der Waals surface area (Å²) < 4.78 is 36.1. The molecular formula is C9H9ClF3NO. The number of aromatic hydroxyl groups is 1. The zero-order valence-corrected chi connectivity index (χ0v) is 8.31. The van der Waals surface area contributed by atoms with Crippen molar-refractivity contribution < 1.29 is 18.3 Å². The van der Waals surface area contributed by atoms with E-state index in [0.717, 1.165) is 0 Å². The molecule has 0 saturated heterocycles. The van der Waals surface area contributed by atoms with Crippen molar-refractivity contribution in [3.63, 3.8) is 0 Å². The van der Waals surface area contributed by atoms with Crippen LogP contribution in [0.5, 0.6) is 5.75 Å². The summed E-state index contributed by atoms with van der Waals surface area (Å²) in [5.74, 6) is -0.281. The number of phenolic OH excluding ortho intramolecular Hbond substituents is 1. The highest BCUT2D eigenvalue weighted by Gasteiger charge is 2.31. The molecule has 0 saturated carbocycles. The normalized spacial score (nSPS) is 13.9. The van der Waals surface area contributed by atoms with E-state index in [1.165, 1.54) is 18.2 Å². The monoisotopic (exact) mass is 239 g/mol. The molecule has 1 rings (SSSR count). The first-order chi connectivity index (χ1) is 6.79. The van der Waals surface area contributed by atoms with Gasteiger partial charge in [-0.15, -0.1) is 0 Å². The molecule has 0 spiro atoms. The Morgan fingerprint density at radius 3 is 2.53 bits per heavy atom. The van der Waals surface area contributed by atoms with Gasteiger partial charge < -0.3 is 10.8 Å². The lowest BCUT2D eigenvalue weighted by Crippen LogP contribution is -2.20. The SMILES string of the molecule is N[C@H](CC(F)(F)F)c1cc(Cl)ccc1O. The van der Waals surface area contributed by atoms with Crippen molar-refractivity contribution in [2.75, 3.05) is 0 Å². The molecule has 0 aliphatic rings. The zero-order valence-electron chi connectivity index (χ0n) is 7.55. The second kappa shape index (κ2) is 4.28. The third-order valence-electron chi connectivity index (χ3n) is 1.84. The Kier molecular flexibility index (Phi) is 3.46. The molecule has 0 unspecified atom stereocenters. The molecule has 15 heavy (non-hydrogen) atoms. The maximum atomic E-state index is 12.0. The topological polar surface area (TPSA) is 46.2 Å². The molecule has 0 aliphatic heterocycles. The first-order valence-electron chi connectivity index (χ1n) is 4.10. The Morgan fingerprint density at radius 2 is 2.00 bits per heavy atom. The summed E-state index contributed by atoms with van der Waals surface area (Å²) in [6.45, 7) is 0. The molecule has 2 nitrogen and oxygen atoms in total. The first-order valence-corrected chi connectivity index (χ1v) is 4.48. The van der Waals surface area contributed by atoms with Gasteiger partial charge in [0.05, 0.1) is 6.42 Å². The number of hydrogen-bond donors (Lipinski definition) is 2.